The molecule has 1 aromatic rings. The van der Waals surface area contributed by atoms with Crippen molar-refractivity contribution in [2.75, 3.05) is 7.11 Å². The van der Waals surface area contributed by atoms with Crippen LogP contribution in [0.5, 0.6) is 0 Å². The van der Waals surface area contributed by atoms with Crippen molar-refractivity contribution in [3.8, 4) is 0 Å². The number of halogens is 1. The Labute approximate surface area is 90.1 Å². The van der Waals surface area contributed by atoms with Crippen LogP contribution in [0.25, 0.3) is 0 Å². The fraction of sp³-hybridized carbons (Fsp3) is 0.417. The molecule has 0 unspecified atom stereocenters. The van der Waals surface area contributed by atoms with Crippen LogP contribution in [0.3, 0.4) is 0 Å². The van der Waals surface area contributed by atoms with Crippen molar-refractivity contribution in [3.05, 3.63) is 35.6 Å². The normalized spacial score (nSPS) is 10.2. The number of methoxy groups -OCH3 is 1. The summed E-state index contributed by atoms with van der Waals surface area (Å²) in [5, 5.41) is 0. The van der Waals surface area contributed by atoms with Gasteiger partial charge in [-0.1, -0.05) is 0 Å². The van der Waals surface area contributed by atoms with Crippen molar-refractivity contribution in [2.24, 2.45) is 0 Å². The van der Waals surface area contributed by atoms with Gasteiger partial charge in [-0.15, -0.1) is 0 Å². The molecule has 0 spiro atoms. The zero-order valence-electron chi connectivity index (χ0n) is 9.58. The Balaban J connectivity index is 0.000000288. The van der Waals surface area contributed by atoms with Gasteiger partial charge in [0.25, 0.3) is 0 Å². The summed E-state index contributed by atoms with van der Waals surface area (Å²) in [6.07, 6.45) is 0.680. The minimum Gasteiger partial charge on any atom is -0.379 e. The minimum atomic E-state index is -0.319. The van der Waals surface area contributed by atoms with E-state index in [1.807, 2.05) is 20.8 Å². The SMILES string of the molecule is COC(C)(C)C.O=Cc1ccc(F)cc1. The lowest BCUT2D eigenvalue weighted by atomic mass is 10.2. The third kappa shape index (κ3) is 7.82. The first-order valence-electron chi connectivity index (χ1n) is 4.65. The van der Waals surface area contributed by atoms with Crippen LogP contribution in [0.4, 0.5) is 4.39 Å². The van der Waals surface area contributed by atoms with Crippen LogP contribution in [0.2, 0.25) is 0 Å². The Hall–Kier alpha value is -1.22. The predicted octanol–water partition coefficient (Wildman–Crippen LogP) is 3.07. The molecule has 0 aliphatic rings. The van der Waals surface area contributed by atoms with E-state index in [9.17, 15) is 9.18 Å². The highest BCUT2D eigenvalue weighted by molar-refractivity contribution is 5.74. The summed E-state index contributed by atoms with van der Waals surface area (Å²) in [4.78, 5) is 10.00. The van der Waals surface area contributed by atoms with Crippen molar-refractivity contribution >= 4 is 6.29 Å². The largest absolute Gasteiger partial charge is 0.379 e. The topological polar surface area (TPSA) is 26.3 Å². The van der Waals surface area contributed by atoms with Gasteiger partial charge in [0.05, 0.1) is 5.60 Å². The molecule has 3 heteroatoms. The number of ether oxygens (including phenoxy) is 1. The van der Waals surface area contributed by atoms with E-state index < -0.39 is 0 Å². The Morgan fingerprint density at radius 1 is 1.20 bits per heavy atom. The molecule has 0 radical (unpaired) electrons. The van der Waals surface area contributed by atoms with E-state index in [1.165, 1.54) is 24.3 Å². The molecule has 0 saturated carbocycles. The second-order valence-corrected chi connectivity index (χ2v) is 3.99. The lowest BCUT2D eigenvalue weighted by Crippen LogP contribution is -2.15. The van der Waals surface area contributed by atoms with Gasteiger partial charge in [-0.05, 0) is 45.0 Å². The summed E-state index contributed by atoms with van der Waals surface area (Å²) < 4.78 is 17.0. The van der Waals surface area contributed by atoms with E-state index in [1.54, 1.807) is 7.11 Å². The second kappa shape index (κ2) is 6.30. The van der Waals surface area contributed by atoms with Crippen LogP contribution in [0, 0.1) is 5.82 Å². The third-order valence-electron chi connectivity index (χ3n) is 1.62. The summed E-state index contributed by atoms with van der Waals surface area (Å²) in [6, 6.07) is 5.37. The van der Waals surface area contributed by atoms with Crippen LogP contribution in [0.1, 0.15) is 31.1 Å². The van der Waals surface area contributed by atoms with Gasteiger partial charge in [0.15, 0.2) is 0 Å². The summed E-state index contributed by atoms with van der Waals surface area (Å²) in [7, 11) is 1.71. The number of hydrogen-bond donors (Lipinski definition) is 0. The first-order valence-corrected chi connectivity index (χ1v) is 4.65. The molecule has 0 amide bonds. The molecule has 0 bridgehead atoms. The van der Waals surface area contributed by atoms with E-state index in [-0.39, 0.29) is 11.4 Å². The Kier molecular flexibility index (Phi) is 5.79. The summed E-state index contributed by atoms with van der Waals surface area (Å²) in [5.41, 5.74) is 0.538. The standard InChI is InChI=1S/C7H5FO.C5H12O/c8-7-3-1-6(5-9)2-4-7;1-5(2,3)6-4/h1-5H;1-4H3. The van der Waals surface area contributed by atoms with Gasteiger partial charge in [0.1, 0.15) is 12.1 Å². The first-order chi connectivity index (χ1) is 6.89. The van der Waals surface area contributed by atoms with Crippen LogP contribution in [-0.4, -0.2) is 19.0 Å². The highest BCUT2D eigenvalue weighted by atomic mass is 19.1. The molecule has 0 saturated heterocycles. The van der Waals surface area contributed by atoms with Crippen LogP contribution in [-0.2, 0) is 4.74 Å². The molecule has 15 heavy (non-hydrogen) atoms. The molecule has 2 nitrogen and oxygen atoms in total. The molecule has 0 aliphatic heterocycles. The number of carbonyl (C=O) groups is 1. The quantitative estimate of drug-likeness (QED) is 0.669. The molecule has 0 aromatic heterocycles. The minimum absolute atomic E-state index is 0.0417. The lowest BCUT2D eigenvalue weighted by Gasteiger charge is -2.14. The van der Waals surface area contributed by atoms with Gasteiger partial charge >= 0.3 is 0 Å². The van der Waals surface area contributed by atoms with E-state index in [2.05, 4.69) is 0 Å². The van der Waals surface area contributed by atoms with Crippen molar-refractivity contribution in [1.29, 1.82) is 0 Å². The van der Waals surface area contributed by atoms with Crippen molar-refractivity contribution in [3.63, 3.8) is 0 Å². The van der Waals surface area contributed by atoms with Gasteiger partial charge in [0.2, 0.25) is 0 Å². The Morgan fingerprint density at radius 2 is 1.60 bits per heavy atom. The molecule has 1 rings (SSSR count). The second-order valence-electron chi connectivity index (χ2n) is 3.99. The highest BCUT2D eigenvalue weighted by Crippen LogP contribution is 2.02. The summed E-state index contributed by atoms with van der Waals surface area (Å²) in [6.45, 7) is 6.06. The molecular weight excluding hydrogens is 195 g/mol. The maximum absolute atomic E-state index is 12.1. The fourth-order valence-electron chi connectivity index (χ4n) is 0.541. The van der Waals surface area contributed by atoms with Gasteiger partial charge in [-0.25, -0.2) is 4.39 Å². The summed E-state index contributed by atoms with van der Waals surface area (Å²) in [5.74, 6) is -0.319. The Bertz CT molecular complexity index is 285. The third-order valence-corrected chi connectivity index (χ3v) is 1.62. The molecule has 0 aliphatic carbocycles. The monoisotopic (exact) mass is 212 g/mol. The smallest absolute Gasteiger partial charge is 0.150 e. The van der Waals surface area contributed by atoms with Gasteiger partial charge in [-0.2, -0.15) is 0 Å². The number of aldehydes is 1. The molecule has 0 atom stereocenters. The molecule has 1 aromatic carbocycles. The van der Waals surface area contributed by atoms with Crippen molar-refractivity contribution in [2.45, 2.75) is 26.4 Å². The van der Waals surface area contributed by atoms with E-state index in [4.69, 9.17) is 4.74 Å². The first kappa shape index (κ1) is 13.8. The van der Waals surface area contributed by atoms with Crippen LogP contribution >= 0.6 is 0 Å². The van der Waals surface area contributed by atoms with Crippen LogP contribution in [0.15, 0.2) is 24.3 Å². The molecular formula is C12H17FO2. The van der Waals surface area contributed by atoms with Gasteiger partial charge in [0, 0.05) is 12.7 Å². The maximum atomic E-state index is 12.1. The van der Waals surface area contributed by atoms with E-state index in [0.717, 1.165) is 0 Å². The van der Waals surface area contributed by atoms with Crippen molar-refractivity contribution < 1.29 is 13.9 Å². The van der Waals surface area contributed by atoms with Gasteiger partial charge < -0.3 is 4.74 Å². The number of carbonyl (C=O) groups excluding carboxylic acids is 1. The lowest BCUT2D eigenvalue weighted by molar-refractivity contribution is 0.0397. The number of benzene rings is 1. The van der Waals surface area contributed by atoms with Crippen molar-refractivity contribution in [1.82, 2.24) is 0 Å². The molecule has 84 valence electrons. The summed E-state index contributed by atoms with van der Waals surface area (Å²) >= 11 is 0. The number of rotatable bonds is 1. The fourth-order valence-corrected chi connectivity index (χ4v) is 0.541. The zero-order valence-corrected chi connectivity index (χ0v) is 9.58. The van der Waals surface area contributed by atoms with Crippen LogP contribution < -0.4 is 0 Å². The predicted molar refractivity (Wildman–Crippen MR) is 58.5 cm³/mol. The zero-order chi connectivity index (χ0) is 11.9. The van der Waals surface area contributed by atoms with Gasteiger partial charge in [-0.3, -0.25) is 4.79 Å². The average molecular weight is 212 g/mol. The average Bonchev–Trinajstić information content (AvgIpc) is 2.19. The van der Waals surface area contributed by atoms with E-state index >= 15 is 0 Å². The number of hydrogen-bond acceptors (Lipinski definition) is 2. The highest BCUT2D eigenvalue weighted by Gasteiger charge is 2.04. The molecule has 0 heterocycles. The Morgan fingerprint density at radius 3 is 1.87 bits per heavy atom. The van der Waals surface area contributed by atoms with E-state index in [0.29, 0.717) is 11.8 Å². The maximum Gasteiger partial charge on any atom is 0.150 e. The molecule has 0 N–H and O–H groups in total. The molecule has 0 fully saturated rings.